The van der Waals surface area contributed by atoms with Crippen LogP contribution in [0.3, 0.4) is 0 Å². The molecule has 0 spiro atoms. The second-order valence-electron chi connectivity index (χ2n) is 2.42. The summed E-state index contributed by atoms with van der Waals surface area (Å²) in [7, 11) is -7.56. The summed E-state index contributed by atoms with van der Waals surface area (Å²) in [6.07, 6.45) is 0.911. The number of hydrogen-bond donors (Lipinski definition) is 1. The first-order chi connectivity index (χ1) is 4.63. The van der Waals surface area contributed by atoms with Crippen molar-refractivity contribution >= 4 is 20.0 Å². The van der Waals surface area contributed by atoms with Gasteiger partial charge in [-0.2, -0.15) is 8.42 Å². The van der Waals surface area contributed by atoms with Gasteiger partial charge in [-0.1, -0.05) is 0 Å². The van der Waals surface area contributed by atoms with Gasteiger partial charge in [0.25, 0.3) is 10.1 Å². The third-order valence-electron chi connectivity index (χ3n) is 1.05. The van der Waals surface area contributed by atoms with E-state index in [-0.39, 0.29) is 0 Å². The molecule has 0 amide bonds. The molecule has 0 saturated heterocycles. The summed E-state index contributed by atoms with van der Waals surface area (Å²) in [6.45, 7) is 1.14. The zero-order chi connectivity index (χ0) is 9.28. The van der Waals surface area contributed by atoms with Crippen molar-refractivity contribution in [1.82, 2.24) is 0 Å². The van der Waals surface area contributed by atoms with E-state index in [9.17, 15) is 16.8 Å². The Morgan fingerprint density at radius 2 is 1.64 bits per heavy atom. The SMILES string of the molecule is C[C@H](CS(C)(=O)=O)S(=O)(=O)O. The average molecular weight is 202 g/mol. The van der Waals surface area contributed by atoms with Crippen LogP contribution in [0.25, 0.3) is 0 Å². The molecule has 68 valence electrons. The Bertz CT molecular complexity index is 310. The van der Waals surface area contributed by atoms with Crippen LogP contribution >= 0.6 is 0 Å². The van der Waals surface area contributed by atoms with Crippen molar-refractivity contribution in [2.24, 2.45) is 0 Å². The minimum Gasteiger partial charge on any atom is -0.285 e. The Hall–Kier alpha value is -0.140. The van der Waals surface area contributed by atoms with Gasteiger partial charge in [-0.15, -0.1) is 0 Å². The van der Waals surface area contributed by atoms with Crippen LogP contribution in [-0.2, 0) is 20.0 Å². The van der Waals surface area contributed by atoms with E-state index in [1.165, 1.54) is 0 Å². The van der Waals surface area contributed by atoms with Gasteiger partial charge in [-0.25, -0.2) is 8.42 Å². The highest BCUT2D eigenvalue weighted by Crippen LogP contribution is 2.00. The van der Waals surface area contributed by atoms with Crippen molar-refractivity contribution in [3.05, 3.63) is 0 Å². The summed E-state index contributed by atoms with van der Waals surface area (Å²) >= 11 is 0. The molecule has 0 aliphatic heterocycles. The largest absolute Gasteiger partial charge is 0.285 e. The molecule has 0 saturated carbocycles. The van der Waals surface area contributed by atoms with Gasteiger partial charge >= 0.3 is 0 Å². The third-order valence-corrected chi connectivity index (χ3v) is 3.55. The van der Waals surface area contributed by atoms with Crippen molar-refractivity contribution in [3.8, 4) is 0 Å². The van der Waals surface area contributed by atoms with Gasteiger partial charge < -0.3 is 0 Å². The van der Waals surface area contributed by atoms with Crippen molar-refractivity contribution in [1.29, 1.82) is 0 Å². The molecule has 0 aromatic rings. The predicted octanol–water partition coefficient (Wildman–Crippen LogP) is -0.693. The molecule has 0 aromatic heterocycles. The lowest BCUT2D eigenvalue weighted by atomic mass is 10.6. The fraction of sp³-hybridized carbons (Fsp3) is 1.00. The number of hydrogen-bond acceptors (Lipinski definition) is 4. The monoisotopic (exact) mass is 202 g/mol. The molecule has 0 heterocycles. The topological polar surface area (TPSA) is 88.5 Å². The molecule has 1 atom stereocenters. The molecular formula is C4H10O5S2. The third kappa shape index (κ3) is 5.16. The van der Waals surface area contributed by atoms with E-state index in [1.54, 1.807) is 0 Å². The van der Waals surface area contributed by atoms with Crippen molar-refractivity contribution in [2.45, 2.75) is 12.2 Å². The Kier molecular flexibility index (Phi) is 3.04. The summed E-state index contributed by atoms with van der Waals surface area (Å²) in [5.74, 6) is -0.550. The Morgan fingerprint density at radius 3 is 1.73 bits per heavy atom. The standard InChI is InChI=1S/C4H10O5S2/c1-4(11(7,8)9)3-10(2,5)6/h4H,3H2,1-2H3,(H,7,8,9)/t4-/m1/s1. The second kappa shape index (κ2) is 3.08. The van der Waals surface area contributed by atoms with E-state index in [2.05, 4.69) is 0 Å². The van der Waals surface area contributed by atoms with Crippen LogP contribution in [-0.4, -0.2) is 38.6 Å². The fourth-order valence-electron chi connectivity index (χ4n) is 0.512. The van der Waals surface area contributed by atoms with Crippen LogP contribution in [0.4, 0.5) is 0 Å². The fourth-order valence-corrected chi connectivity index (χ4v) is 2.79. The lowest BCUT2D eigenvalue weighted by Gasteiger charge is -2.04. The van der Waals surface area contributed by atoms with Crippen LogP contribution < -0.4 is 0 Å². The molecule has 0 aliphatic carbocycles. The van der Waals surface area contributed by atoms with Crippen LogP contribution in [0, 0.1) is 0 Å². The smallest absolute Gasteiger partial charge is 0.268 e. The highest BCUT2D eigenvalue weighted by Gasteiger charge is 2.21. The Labute approximate surface area is 66.1 Å². The van der Waals surface area contributed by atoms with Crippen LogP contribution in [0.1, 0.15) is 6.92 Å². The molecule has 0 fully saturated rings. The Morgan fingerprint density at radius 1 is 1.27 bits per heavy atom. The minimum atomic E-state index is -4.22. The quantitative estimate of drug-likeness (QED) is 0.612. The summed E-state index contributed by atoms with van der Waals surface area (Å²) < 4.78 is 50.0. The lowest BCUT2D eigenvalue weighted by molar-refractivity contribution is 0.473. The van der Waals surface area contributed by atoms with Gasteiger partial charge in [0, 0.05) is 6.26 Å². The van der Waals surface area contributed by atoms with Crippen molar-refractivity contribution < 1.29 is 21.4 Å². The molecule has 1 N–H and O–H groups in total. The van der Waals surface area contributed by atoms with Crippen LogP contribution in [0.5, 0.6) is 0 Å². The molecule has 0 aromatic carbocycles. The van der Waals surface area contributed by atoms with E-state index in [0.717, 1.165) is 13.2 Å². The maximum atomic E-state index is 10.5. The molecule has 0 aliphatic rings. The van der Waals surface area contributed by atoms with Gasteiger partial charge in [0.15, 0.2) is 0 Å². The molecule has 0 radical (unpaired) electrons. The number of rotatable bonds is 3. The first kappa shape index (κ1) is 10.9. The zero-order valence-corrected chi connectivity index (χ0v) is 7.81. The second-order valence-corrected chi connectivity index (χ2v) is 6.44. The summed E-state index contributed by atoms with van der Waals surface area (Å²) in [6, 6.07) is 0. The van der Waals surface area contributed by atoms with E-state index < -0.39 is 31.0 Å². The molecular weight excluding hydrogens is 192 g/mol. The lowest BCUT2D eigenvalue weighted by Crippen LogP contribution is -2.25. The molecule has 5 nitrogen and oxygen atoms in total. The number of sulfone groups is 1. The molecule has 7 heteroatoms. The summed E-state index contributed by atoms with van der Waals surface area (Å²) in [5, 5.41) is -1.25. The van der Waals surface area contributed by atoms with Crippen LogP contribution in [0.15, 0.2) is 0 Å². The van der Waals surface area contributed by atoms with E-state index in [0.29, 0.717) is 0 Å². The predicted molar refractivity (Wildman–Crippen MR) is 40.7 cm³/mol. The molecule has 0 rings (SSSR count). The van der Waals surface area contributed by atoms with Crippen molar-refractivity contribution in [2.75, 3.05) is 12.0 Å². The minimum absolute atomic E-state index is 0.550. The first-order valence-electron chi connectivity index (χ1n) is 2.77. The van der Waals surface area contributed by atoms with Gasteiger partial charge in [0.1, 0.15) is 9.84 Å². The maximum Gasteiger partial charge on any atom is 0.268 e. The first-order valence-corrected chi connectivity index (χ1v) is 6.33. The van der Waals surface area contributed by atoms with Gasteiger partial charge in [-0.05, 0) is 6.92 Å². The van der Waals surface area contributed by atoms with Crippen LogP contribution in [0.2, 0.25) is 0 Å². The van der Waals surface area contributed by atoms with E-state index in [4.69, 9.17) is 4.55 Å². The Balaban J connectivity index is 4.47. The highest BCUT2D eigenvalue weighted by atomic mass is 32.2. The average Bonchev–Trinajstić information content (AvgIpc) is 1.56. The zero-order valence-electron chi connectivity index (χ0n) is 6.18. The normalized spacial score (nSPS) is 16.3. The molecule has 0 unspecified atom stereocenters. The summed E-state index contributed by atoms with van der Waals surface area (Å²) in [5.41, 5.74) is 0. The van der Waals surface area contributed by atoms with Gasteiger partial charge in [0.2, 0.25) is 0 Å². The van der Waals surface area contributed by atoms with E-state index >= 15 is 0 Å². The highest BCUT2D eigenvalue weighted by molar-refractivity contribution is 7.93. The molecule has 0 bridgehead atoms. The molecule has 11 heavy (non-hydrogen) atoms. The maximum absolute atomic E-state index is 10.5. The van der Waals surface area contributed by atoms with E-state index in [1.807, 2.05) is 0 Å². The van der Waals surface area contributed by atoms with Gasteiger partial charge in [-0.3, -0.25) is 4.55 Å². The van der Waals surface area contributed by atoms with Crippen molar-refractivity contribution in [3.63, 3.8) is 0 Å². The summed E-state index contributed by atoms with van der Waals surface area (Å²) in [4.78, 5) is 0. The van der Waals surface area contributed by atoms with Gasteiger partial charge in [0.05, 0.1) is 11.0 Å².